The normalized spacial score (nSPS) is 14.7. The van der Waals surface area contributed by atoms with Crippen molar-refractivity contribution >= 4 is 23.1 Å². The summed E-state index contributed by atoms with van der Waals surface area (Å²) in [6, 6.07) is 0. The van der Waals surface area contributed by atoms with Gasteiger partial charge in [0.05, 0.1) is 10.5 Å². The molecule has 1 amide bonds. The van der Waals surface area contributed by atoms with Crippen LogP contribution in [0, 0.1) is 0 Å². The molecule has 13 heavy (non-hydrogen) atoms. The summed E-state index contributed by atoms with van der Waals surface area (Å²) in [5.74, 6) is -0.209. The average molecular weight is 204 g/mol. The number of nitrogens with one attached hydrogen (secondary N) is 1. The quantitative estimate of drug-likeness (QED) is 0.628. The Kier molecular flexibility index (Phi) is 4.87. The molecule has 0 aromatic carbocycles. The molecule has 0 aromatic rings. The fourth-order valence-electron chi connectivity index (χ4n) is 0.799. The van der Waals surface area contributed by atoms with E-state index in [-0.39, 0.29) is 12.5 Å². The number of thiocarbonyl (C=S) groups is 1. The Hall–Kier alpha value is -0.680. The van der Waals surface area contributed by atoms with Crippen molar-refractivity contribution in [3.8, 4) is 0 Å². The van der Waals surface area contributed by atoms with E-state index >= 15 is 0 Å². The van der Waals surface area contributed by atoms with Gasteiger partial charge in [0.1, 0.15) is 6.61 Å². The highest BCUT2D eigenvalue weighted by Gasteiger charge is 2.27. The average Bonchev–Trinajstić information content (AvgIpc) is 2.04. The molecular formula is C8H16N2O2S. The number of rotatable bonds is 5. The van der Waals surface area contributed by atoms with Crippen LogP contribution in [0.3, 0.4) is 0 Å². The van der Waals surface area contributed by atoms with E-state index in [1.807, 2.05) is 6.92 Å². The minimum Gasteiger partial charge on any atom is -0.391 e. The molecule has 0 aliphatic rings. The van der Waals surface area contributed by atoms with E-state index < -0.39 is 5.54 Å². The van der Waals surface area contributed by atoms with E-state index in [9.17, 15) is 4.79 Å². The minimum absolute atomic E-state index is 0.0260. The zero-order valence-corrected chi connectivity index (χ0v) is 9.03. The molecule has 0 spiro atoms. The number of carbonyl (C=O) groups is 1. The zero-order valence-electron chi connectivity index (χ0n) is 8.22. The summed E-state index contributed by atoms with van der Waals surface area (Å²) >= 11 is 4.85. The van der Waals surface area contributed by atoms with Crippen molar-refractivity contribution in [1.82, 2.24) is 5.32 Å². The SMILES string of the molecule is CCC(C)(NC(=O)COC)C(N)=S. The number of nitrogens with two attached hydrogens (primary N) is 1. The van der Waals surface area contributed by atoms with Gasteiger partial charge in [-0.15, -0.1) is 0 Å². The van der Waals surface area contributed by atoms with Crippen molar-refractivity contribution in [2.24, 2.45) is 5.73 Å². The number of ether oxygens (including phenoxy) is 1. The Morgan fingerprint density at radius 3 is 2.54 bits per heavy atom. The summed E-state index contributed by atoms with van der Waals surface area (Å²) in [6.45, 7) is 3.73. The van der Waals surface area contributed by atoms with Gasteiger partial charge in [0.15, 0.2) is 0 Å². The second kappa shape index (κ2) is 5.14. The number of amides is 1. The Morgan fingerprint density at radius 2 is 2.23 bits per heavy atom. The Bertz CT molecular complexity index is 208. The van der Waals surface area contributed by atoms with Crippen LogP contribution in [0.4, 0.5) is 0 Å². The number of carbonyl (C=O) groups excluding carboxylic acids is 1. The van der Waals surface area contributed by atoms with E-state index in [0.29, 0.717) is 11.4 Å². The summed E-state index contributed by atoms with van der Waals surface area (Å²) < 4.78 is 4.68. The molecule has 3 N–H and O–H groups in total. The van der Waals surface area contributed by atoms with Crippen LogP contribution in [0.2, 0.25) is 0 Å². The molecule has 0 saturated carbocycles. The van der Waals surface area contributed by atoms with Gasteiger partial charge in [-0.1, -0.05) is 19.1 Å². The highest BCUT2D eigenvalue weighted by molar-refractivity contribution is 7.80. The first-order valence-electron chi connectivity index (χ1n) is 4.06. The molecule has 0 bridgehead atoms. The van der Waals surface area contributed by atoms with Gasteiger partial charge in [0, 0.05) is 7.11 Å². The van der Waals surface area contributed by atoms with Gasteiger partial charge in [0.25, 0.3) is 0 Å². The number of methoxy groups -OCH3 is 1. The predicted octanol–water partition coefficient (Wildman–Crippen LogP) is 0.204. The van der Waals surface area contributed by atoms with E-state index in [4.69, 9.17) is 18.0 Å². The Morgan fingerprint density at radius 1 is 1.69 bits per heavy atom. The van der Waals surface area contributed by atoms with Crippen molar-refractivity contribution in [3.05, 3.63) is 0 Å². The Labute approximate surface area is 83.8 Å². The van der Waals surface area contributed by atoms with Crippen LogP contribution in [0.1, 0.15) is 20.3 Å². The molecule has 0 radical (unpaired) electrons. The first-order valence-corrected chi connectivity index (χ1v) is 4.47. The van der Waals surface area contributed by atoms with Gasteiger partial charge in [-0.05, 0) is 13.3 Å². The summed E-state index contributed by atoms with van der Waals surface area (Å²) in [7, 11) is 1.46. The highest BCUT2D eigenvalue weighted by Crippen LogP contribution is 2.08. The van der Waals surface area contributed by atoms with Gasteiger partial charge in [-0.2, -0.15) is 0 Å². The maximum Gasteiger partial charge on any atom is 0.246 e. The molecule has 0 aliphatic heterocycles. The topological polar surface area (TPSA) is 64.3 Å². The third-order valence-electron chi connectivity index (χ3n) is 1.94. The van der Waals surface area contributed by atoms with E-state index in [2.05, 4.69) is 10.1 Å². The van der Waals surface area contributed by atoms with Crippen LogP contribution < -0.4 is 11.1 Å². The van der Waals surface area contributed by atoms with Crippen LogP contribution in [0.15, 0.2) is 0 Å². The standard InChI is InChI=1S/C8H16N2O2S/c1-4-8(2,7(9)13)10-6(11)5-12-3/h4-5H2,1-3H3,(H2,9,13)(H,10,11). The second-order valence-corrected chi connectivity index (χ2v) is 3.47. The van der Waals surface area contributed by atoms with E-state index in [1.54, 1.807) is 6.92 Å². The predicted molar refractivity (Wildman–Crippen MR) is 55.5 cm³/mol. The second-order valence-electron chi connectivity index (χ2n) is 3.03. The lowest BCUT2D eigenvalue weighted by Gasteiger charge is -2.28. The maximum atomic E-state index is 11.2. The molecule has 76 valence electrons. The number of hydrogen-bond donors (Lipinski definition) is 2. The van der Waals surface area contributed by atoms with Crippen molar-refractivity contribution in [2.75, 3.05) is 13.7 Å². The lowest BCUT2D eigenvalue weighted by atomic mass is 9.99. The molecule has 1 unspecified atom stereocenters. The molecule has 5 heteroatoms. The van der Waals surface area contributed by atoms with Gasteiger partial charge in [-0.25, -0.2) is 0 Å². The summed E-state index contributed by atoms with van der Waals surface area (Å²) in [5, 5.41) is 2.71. The lowest BCUT2D eigenvalue weighted by Crippen LogP contribution is -2.54. The van der Waals surface area contributed by atoms with Gasteiger partial charge in [0.2, 0.25) is 5.91 Å². The van der Waals surface area contributed by atoms with Crippen LogP contribution >= 0.6 is 12.2 Å². The third-order valence-corrected chi connectivity index (χ3v) is 2.39. The molecule has 0 aromatic heterocycles. The fraction of sp³-hybridized carbons (Fsp3) is 0.750. The van der Waals surface area contributed by atoms with Crippen molar-refractivity contribution in [1.29, 1.82) is 0 Å². The molecule has 4 nitrogen and oxygen atoms in total. The van der Waals surface area contributed by atoms with Crippen LogP contribution in [-0.4, -0.2) is 30.2 Å². The molecular weight excluding hydrogens is 188 g/mol. The van der Waals surface area contributed by atoms with E-state index in [0.717, 1.165) is 0 Å². The molecule has 0 saturated heterocycles. The number of hydrogen-bond acceptors (Lipinski definition) is 3. The first kappa shape index (κ1) is 12.3. The molecule has 0 heterocycles. The summed E-state index contributed by atoms with van der Waals surface area (Å²) in [4.78, 5) is 11.5. The van der Waals surface area contributed by atoms with E-state index in [1.165, 1.54) is 7.11 Å². The van der Waals surface area contributed by atoms with Gasteiger partial charge >= 0.3 is 0 Å². The third kappa shape index (κ3) is 3.69. The van der Waals surface area contributed by atoms with Gasteiger partial charge in [-0.3, -0.25) is 4.79 Å². The fourth-order valence-corrected chi connectivity index (χ4v) is 0.994. The molecule has 0 rings (SSSR count). The van der Waals surface area contributed by atoms with Crippen molar-refractivity contribution in [3.63, 3.8) is 0 Å². The zero-order chi connectivity index (χ0) is 10.5. The molecule has 0 aliphatic carbocycles. The van der Waals surface area contributed by atoms with Gasteiger partial charge < -0.3 is 15.8 Å². The summed E-state index contributed by atoms with van der Waals surface area (Å²) in [5.41, 5.74) is 4.90. The Balaban J connectivity index is 4.27. The molecule has 1 atom stereocenters. The maximum absolute atomic E-state index is 11.2. The monoisotopic (exact) mass is 204 g/mol. The summed E-state index contributed by atoms with van der Waals surface area (Å²) in [6.07, 6.45) is 0.664. The highest BCUT2D eigenvalue weighted by atomic mass is 32.1. The van der Waals surface area contributed by atoms with Crippen molar-refractivity contribution in [2.45, 2.75) is 25.8 Å². The minimum atomic E-state index is -0.606. The van der Waals surface area contributed by atoms with Crippen LogP contribution in [-0.2, 0) is 9.53 Å². The largest absolute Gasteiger partial charge is 0.391 e. The smallest absolute Gasteiger partial charge is 0.246 e. The molecule has 0 fully saturated rings. The first-order chi connectivity index (χ1) is 5.96. The van der Waals surface area contributed by atoms with Crippen molar-refractivity contribution < 1.29 is 9.53 Å². The van der Waals surface area contributed by atoms with Crippen LogP contribution in [0.5, 0.6) is 0 Å². The van der Waals surface area contributed by atoms with Crippen LogP contribution in [0.25, 0.3) is 0 Å². The lowest BCUT2D eigenvalue weighted by molar-refractivity contribution is -0.125.